The highest BCUT2D eigenvalue weighted by Crippen LogP contribution is 2.32. The molecule has 2 rings (SSSR count). The van der Waals surface area contributed by atoms with Crippen molar-refractivity contribution in [1.29, 1.82) is 0 Å². The fraction of sp³-hybridized carbons (Fsp3) is 0.250. The van der Waals surface area contributed by atoms with Gasteiger partial charge in [0.25, 0.3) is 0 Å². The van der Waals surface area contributed by atoms with E-state index in [2.05, 4.69) is 5.32 Å². The first kappa shape index (κ1) is 14.9. The van der Waals surface area contributed by atoms with Crippen molar-refractivity contribution >= 4 is 11.6 Å². The highest BCUT2D eigenvalue weighted by molar-refractivity contribution is 6.31. The van der Waals surface area contributed by atoms with E-state index in [4.69, 9.17) is 11.6 Å². The molecule has 0 aliphatic heterocycles. The molecule has 106 valence electrons. The van der Waals surface area contributed by atoms with Gasteiger partial charge in [-0.15, -0.1) is 0 Å². The topological polar surface area (TPSA) is 12.0 Å². The van der Waals surface area contributed by atoms with E-state index >= 15 is 0 Å². The van der Waals surface area contributed by atoms with Crippen LogP contribution in [-0.4, -0.2) is 7.05 Å². The molecule has 20 heavy (non-hydrogen) atoms. The van der Waals surface area contributed by atoms with Crippen LogP contribution in [0.4, 0.5) is 8.78 Å². The van der Waals surface area contributed by atoms with Gasteiger partial charge in [0.2, 0.25) is 0 Å². The average Bonchev–Trinajstić information content (AvgIpc) is 2.40. The van der Waals surface area contributed by atoms with Crippen LogP contribution in [0, 0.1) is 25.5 Å². The van der Waals surface area contributed by atoms with Gasteiger partial charge in [0.15, 0.2) is 0 Å². The second-order valence-corrected chi connectivity index (χ2v) is 5.25. The first-order valence-electron chi connectivity index (χ1n) is 6.33. The number of hydrogen-bond donors (Lipinski definition) is 1. The molecule has 0 aliphatic carbocycles. The van der Waals surface area contributed by atoms with Crippen molar-refractivity contribution in [3.8, 4) is 0 Å². The summed E-state index contributed by atoms with van der Waals surface area (Å²) in [7, 11) is 1.77. The lowest BCUT2D eigenvalue weighted by Crippen LogP contribution is -2.19. The molecule has 0 aliphatic rings. The van der Waals surface area contributed by atoms with Gasteiger partial charge in [-0.1, -0.05) is 17.7 Å². The lowest BCUT2D eigenvalue weighted by molar-refractivity contribution is 0.608. The first-order chi connectivity index (χ1) is 9.43. The minimum atomic E-state index is -0.343. The summed E-state index contributed by atoms with van der Waals surface area (Å²) in [5.74, 6) is -0.648. The lowest BCUT2D eigenvalue weighted by Gasteiger charge is -2.21. The van der Waals surface area contributed by atoms with Crippen molar-refractivity contribution in [2.24, 2.45) is 0 Å². The van der Waals surface area contributed by atoms with Crippen molar-refractivity contribution in [1.82, 2.24) is 5.32 Å². The fourth-order valence-corrected chi connectivity index (χ4v) is 2.56. The van der Waals surface area contributed by atoms with E-state index in [1.54, 1.807) is 26.1 Å². The van der Waals surface area contributed by atoms with Crippen LogP contribution >= 0.6 is 11.6 Å². The van der Waals surface area contributed by atoms with Crippen molar-refractivity contribution in [3.63, 3.8) is 0 Å². The third-order valence-corrected chi connectivity index (χ3v) is 3.76. The molecule has 0 radical (unpaired) electrons. The Kier molecular flexibility index (Phi) is 4.41. The van der Waals surface area contributed by atoms with E-state index < -0.39 is 0 Å². The summed E-state index contributed by atoms with van der Waals surface area (Å²) >= 11 is 6.14. The van der Waals surface area contributed by atoms with Crippen LogP contribution in [0.3, 0.4) is 0 Å². The van der Waals surface area contributed by atoms with Gasteiger partial charge in [-0.25, -0.2) is 8.78 Å². The number of benzene rings is 2. The predicted molar refractivity (Wildman–Crippen MR) is 78.2 cm³/mol. The molecule has 0 amide bonds. The minimum absolute atomic E-state index is 0.280. The summed E-state index contributed by atoms with van der Waals surface area (Å²) in [6.45, 7) is 3.59. The summed E-state index contributed by atoms with van der Waals surface area (Å²) in [6.07, 6.45) is 0. The van der Waals surface area contributed by atoms with Crippen molar-refractivity contribution in [2.75, 3.05) is 7.05 Å². The van der Waals surface area contributed by atoms with Crippen molar-refractivity contribution in [3.05, 3.63) is 69.2 Å². The molecule has 0 saturated carbocycles. The molecule has 0 bridgehead atoms. The summed E-state index contributed by atoms with van der Waals surface area (Å²) in [6, 6.07) is 7.33. The third kappa shape index (κ3) is 2.84. The summed E-state index contributed by atoms with van der Waals surface area (Å²) in [5.41, 5.74) is 2.99. The average molecular weight is 296 g/mol. The minimum Gasteiger partial charge on any atom is -0.309 e. The van der Waals surface area contributed by atoms with Gasteiger partial charge in [0.1, 0.15) is 11.6 Å². The quantitative estimate of drug-likeness (QED) is 0.876. The van der Waals surface area contributed by atoms with E-state index in [-0.39, 0.29) is 17.7 Å². The molecule has 2 aromatic carbocycles. The molecule has 0 aromatic heterocycles. The Balaban J connectivity index is 2.58. The smallest absolute Gasteiger partial charge is 0.127 e. The first-order valence-corrected chi connectivity index (χ1v) is 6.70. The second kappa shape index (κ2) is 5.90. The van der Waals surface area contributed by atoms with Crippen molar-refractivity contribution in [2.45, 2.75) is 19.9 Å². The number of halogens is 3. The predicted octanol–water partition coefficient (Wildman–Crippen LogP) is 4.54. The molecule has 0 fully saturated rings. The van der Waals surface area contributed by atoms with Crippen LogP contribution in [0.1, 0.15) is 28.3 Å². The maximum absolute atomic E-state index is 13.5. The summed E-state index contributed by atoms with van der Waals surface area (Å²) in [5, 5.41) is 3.45. The van der Waals surface area contributed by atoms with Crippen LogP contribution in [0.5, 0.6) is 0 Å². The number of hydrogen-bond acceptors (Lipinski definition) is 1. The maximum Gasteiger partial charge on any atom is 0.127 e. The normalized spacial score (nSPS) is 12.5. The largest absolute Gasteiger partial charge is 0.309 e. The third-order valence-electron chi connectivity index (χ3n) is 3.43. The lowest BCUT2D eigenvalue weighted by atomic mass is 9.94. The van der Waals surface area contributed by atoms with Crippen LogP contribution in [0.15, 0.2) is 30.3 Å². The molecular weight excluding hydrogens is 280 g/mol. The molecule has 1 unspecified atom stereocenters. The molecule has 0 spiro atoms. The Labute approximate surface area is 122 Å². The van der Waals surface area contributed by atoms with Gasteiger partial charge in [-0.3, -0.25) is 0 Å². The highest BCUT2D eigenvalue weighted by Gasteiger charge is 2.19. The Hall–Kier alpha value is -1.45. The van der Waals surface area contributed by atoms with E-state index in [0.29, 0.717) is 10.6 Å². The number of rotatable bonds is 3. The van der Waals surface area contributed by atoms with E-state index in [1.807, 2.05) is 6.92 Å². The van der Waals surface area contributed by atoms with E-state index in [0.717, 1.165) is 16.7 Å². The van der Waals surface area contributed by atoms with Crippen LogP contribution in [0.25, 0.3) is 0 Å². The maximum atomic E-state index is 13.5. The zero-order valence-electron chi connectivity index (χ0n) is 11.6. The SMILES string of the molecule is CNC(c1cc(F)ccc1C)c1cc(C)c(F)cc1Cl. The molecule has 1 N–H and O–H groups in total. The molecule has 1 nitrogen and oxygen atoms in total. The molecule has 0 saturated heterocycles. The second-order valence-electron chi connectivity index (χ2n) is 4.85. The highest BCUT2D eigenvalue weighted by atomic mass is 35.5. The van der Waals surface area contributed by atoms with Gasteiger partial charge in [0.05, 0.1) is 6.04 Å². The van der Waals surface area contributed by atoms with Crippen LogP contribution < -0.4 is 5.32 Å². The zero-order chi connectivity index (χ0) is 14.9. The Morgan fingerprint density at radius 2 is 1.70 bits per heavy atom. The standard InChI is InChI=1S/C16H16ClF2N/c1-9-4-5-11(18)7-12(9)16(20-3)13-6-10(2)15(19)8-14(13)17/h4-8,16,20H,1-3H3. The van der Waals surface area contributed by atoms with E-state index in [9.17, 15) is 8.78 Å². The monoisotopic (exact) mass is 295 g/mol. The fourth-order valence-electron chi connectivity index (χ4n) is 2.30. The number of nitrogens with one attached hydrogen (secondary N) is 1. The van der Waals surface area contributed by atoms with Crippen molar-refractivity contribution < 1.29 is 8.78 Å². The Bertz CT molecular complexity index is 641. The number of aryl methyl sites for hydroxylation is 2. The molecule has 1 atom stereocenters. The van der Waals surface area contributed by atoms with Gasteiger partial charge in [-0.2, -0.15) is 0 Å². The zero-order valence-corrected chi connectivity index (χ0v) is 12.4. The Morgan fingerprint density at radius 3 is 2.35 bits per heavy atom. The van der Waals surface area contributed by atoms with Gasteiger partial charge in [-0.05, 0) is 67.4 Å². The van der Waals surface area contributed by atoms with Gasteiger partial charge in [0, 0.05) is 5.02 Å². The molecule has 0 heterocycles. The summed E-state index contributed by atoms with van der Waals surface area (Å²) in [4.78, 5) is 0. The summed E-state index contributed by atoms with van der Waals surface area (Å²) < 4.78 is 27.0. The van der Waals surface area contributed by atoms with Gasteiger partial charge < -0.3 is 5.32 Å². The van der Waals surface area contributed by atoms with Gasteiger partial charge >= 0.3 is 0 Å². The van der Waals surface area contributed by atoms with Crippen LogP contribution in [-0.2, 0) is 0 Å². The Morgan fingerprint density at radius 1 is 1.00 bits per heavy atom. The van der Waals surface area contributed by atoms with E-state index in [1.165, 1.54) is 18.2 Å². The molecular formula is C16H16ClF2N. The molecule has 4 heteroatoms. The van der Waals surface area contributed by atoms with Crippen LogP contribution in [0.2, 0.25) is 5.02 Å². The molecule has 2 aromatic rings.